The molecule has 0 aliphatic carbocycles. The molecule has 2 heterocycles. The average molecular weight is 176 g/mol. The second-order valence-corrected chi connectivity index (χ2v) is 3.90. The molecular formula is C11H16N2. The Hall–Kier alpha value is -0.890. The summed E-state index contributed by atoms with van der Waals surface area (Å²) in [6, 6.07) is 4.86. The highest BCUT2D eigenvalue weighted by Crippen LogP contribution is 2.28. The van der Waals surface area contributed by atoms with Crippen LogP contribution in [0.2, 0.25) is 0 Å². The summed E-state index contributed by atoms with van der Waals surface area (Å²) < 4.78 is 0. The number of rotatable bonds is 1. The van der Waals surface area contributed by atoms with Gasteiger partial charge in [0, 0.05) is 6.20 Å². The summed E-state index contributed by atoms with van der Waals surface area (Å²) in [5.41, 5.74) is 2.47. The third-order valence-electron chi connectivity index (χ3n) is 2.80. The highest BCUT2D eigenvalue weighted by atomic mass is 15.2. The van der Waals surface area contributed by atoms with Gasteiger partial charge in [-0.1, -0.05) is 6.07 Å². The molecule has 70 valence electrons. The first-order chi connectivity index (χ1) is 6.27. The van der Waals surface area contributed by atoms with Crippen LogP contribution >= 0.6 is 0 Å². The molecule has 1 aromatic rings. The van der Waals surface area contributed by atoms with Crippen molar-refractivity contribution >= 4 is 0 Å². The van der Waals surface area contributed by atoms with Gasteiger partial charge in [-0.3, -0.25) is 9.88 Å². The lowest BCUT2D eigenvalue weighted by atomic mass is 10.1. The Morgan fingerprint density at radius 3 is 2.85 bits per heavy atom. The lowest BCUT2D eigenvalue weighted by Gasteiger charge is -2.18. The molecule has 0 spiro atoms. The smallest absolute Gasteiger partial charge is 0.0575 e. The minimum absolute atomic E-state index is 0.556. The predicted octanol–water partition coefficient (Wildman–Crippen LogP) is 2.16. The minimum atomic E-state index is 0.556. The zero-order valence-corrected chi connectivity index (χ0v) is 8.33. The second kappa shape index (κ2) is 3.46. The maximum atomic E-state index is 4.47. The summed E-state index contributed by atoms with van der Waals surface area (Å²) in [4.78, 5) is 6.86. The first-order valence-electron chi connectivity index (χ1n) is 4.90. The summed E-state index contributed by atoms with van der Waals surface area (Å²) >= 11 is 0. The van der Waals surface area contributed by atoms with E-state index in [1.165, 1.54) is 30.6 Å². The van der Waals surface area contributed by atoms with Crippen molar-refractivity contribution in [1.29, 1.82) is 0 Å². The van der Waals surface area contributed by atoms with E-state index in [1.54, 1.807) is 0 Å². The van der Waals surface area contributed by atoms with E-state index in [1.807, 2.05) is 6.20 Å². The molecule has 0 bridgehead atoms. The molecule has 1 fully saturated rings. The van der Waals surface area contributed by atoms with Gasteiger partial charge >= 0.3 is 0 Å². The molecule has 0 unspecified atom stereocenters. The van der Waals surface area contributed by atoms with Gasteiger partial charge < -0.3 is 0 Å². The van der Waals surface area contributed by atoms with Crippen molar-refractivity contribution in [2.75, 3.05) is 13.6 Å². The number of aromatic nitrogens is 1. The second-order valence-electron chi connectivity index (χ2n) is 3.90. The number of nitrogens with zero attached hydrogens (tertiary/aromatic N) is 2. The lowest BCUT2D eigenvalue weighted by molar-refractivity contribution is 0.312. The number of hydrogen-bond donors (Lipinski definition) is 0. The van der Waals surface area contributed by atoms with Crippen LogP contribution in [0.25, 0.3) is 0 Å². The molecule has 2 rings (SSSR count). The fraction of sp³-hybridized carbons (Fsp3) is 0.545. The molecule has 1 aliphatic rings. The summed E-state index contributed by atoms with van der Waals surface area (Å²) in [5.74, 6) is 0. The first kappa shape index (κ1) is 8.70. The van der Waals surface area contributed by atoms with Crippen molar-refractivity contribution in [3.63, 3.8) is 0 Å². The molecule has 1 saturated heterocycles. The Balaban J connectivity index is 2.20. The molecule has 2 nitrogen and oxygen atoms in total. The van der Waals surface area contributed by atoms with Gasteiger partial charge in [-0.15, -0.1) is 0 Å². The molecule has 0 aromatic carbocycles. The standard InChI is InChI=1S/C11H16N2/c1-9-5-6-10(12-8-9)11-4-3-7-13(11)2/h5-6,8,11H,3-4,7H2,1-2H3/t11-/m1/s1. The summed E-state index contributed by atoms with van der Waals surface area (Å²) in [6.07, 6.45) is 4.52. The largest absolute Gasteiger partial charge is 0.298 e. The van der Waals surface area contributed by atoms with Gasteiger partial charge in [0.05, 0.1) is 11.7 Å². The fourth-order valence-electron chi connectivity index (χ4n) is 1.96. The van der Waals surface area contributed by atoms with E-state index in [2.05, 4.69) is 36.0 Å². The number of hydrogen-bond acceptors (Lipinski definition) is 2. The monoisotopic (exact) mass is 176 g/mol. The Morgan fingerprint density at radius 1 is 1.46 bits per heavy atom. The molecule has 1 aromatic heterocycles. The van der Waals surface area contributed by atoms with Crippen LogP contribution in [-0.2, 0) is 0 Å². The topological polar surface area (TPSA) is 16.1 Å². The van der Waals surface area contributed by atoms with Crippen molar-refractivity contribution in [3.05, 3.63) is 29.6 Å². The Kier molecular flexibility index (Phi) is 2.32. The molecule has 1 aliphatic heterocycles. The zero-order chi connectivity index (χ0) is 9.26. The van der Waals surface area contributed by atoms with Gasteiger partial charge in [0.2, 0.25) is 0 Å². The Morgan fingerprint density at radius 2 is 2.31 bits per heavy atom. The Bertz CT molecular complexity index is 279. The average Bonchev–Trinajstić information content (AvgIpc) is 2.53. The Labute approximate surface area is 79.6 Å². The van der Waals surface area contributed by atoms with E-state index in [0.29, 0.717) is 6.04 Å². The van der Waals surface area contributed by atoms with Gasteiger partial charge in [0.25, 0.3) is 0 Å². The third kappa shape index (κ3) is 1.73. The van der Waals surface area contributed by atoms with Crippen LogP contribution in [0.1, 0.15) is 30.1 Å². The van der Waals surface area contributed by atoms with E-state index < -0.39 is 0 Å². The minimum Gasteiger partial charge on any atom is -0.298 e. The SMILES string of the molecule is Cc1ccc([C@H]2CCCN2C)nc1. The van der Waals surface area contributed by atoms with Gasteiger partial charge in [-0.25, -0.2) is 0 Å². The van der Waals surface area contributed by atoms with E-state index >= 15 is 0 Å². The van der Waals surface area contributed by atoms with E-state index in [9.17, 15) is 0 Å². The van der Waals surface area contributed by atoms with E-state index in [-0.39, 0.29) is 0 Å². The summed E-state index contributed by atoms with van der Waals surface area (Å²) in [7, 11) is 2.18. The third-order valence-corrected chi connectivity index (χ3v) is 2.80. The lowest BCUT2D eigenvalue weighted by Crippen LogP contribution is -2.18. The van der Waals surface area contributed by atoms with Gasteiger partial charge in [-0.2, -0.15) is 0 Å². The first-order valence-corrected chi connectivity index (χ1v) is 4.90. The molecule has 0 saturated carbocycles. The van der Waals surface area contributed by atoms with Crippen molar-refractivity contribution in [2.45, 2.75) is 25.8 Å². The summed E-state index contributed by atoms with van der Waals surface area (Å²) in [6.45, 7) is 3.29. The van der Waals surface area contributed by atoms with Crippen LogP contribution in [0.5, 0.6) is 0 Å². The van der Waals surface area contributed by atoms with Crippen molar-refractivity contribution < 1.29 is 0 Å². The molecule has 13 heavy (non-hydrogen) atoms. The van der Waals surface area contributed by atoms with Crippen molar-refractivity contribution in [1.82, 2.24) is 9.88 Å². The number of pyridine rings is 1. The van der Waals surface area contributed by atoms with Crippen LogP contribution in [0.4, 0.5) is 0 Å². The fourth-order valence-corrected chi connectivity index (χ4v) is 1.96. The van der Waals surface area contributed by atoms with Crippen LogP contribution < -0.4 is 0 Å². The summed E-state index contributed by atoms with van der Waals surface area (Å²) in [5, 5.41) is 0. The van der Waals surface area contributed by atoms with Crippen LogP contribution in [0.3, 0.4) is 0 Å². The molecule has 1 atom stereocenters. The van der Waals surface area contributed by atoms with Gasteiger partial charge in [0.15, 0.2) is 0 Å². The van der Waals surface area contributed by atoms with Crippen LogP contribution in [0.15, 0.2) is 18.3 Å². The van der Waals surface area contributed by atoms with Crippen molar-refractivity contribution in [3.8, 4) is 0 Å². The normalized spacial score (nSPS) is 23.7. The van der Waals surface area contributed by atoms with Gasteiger partial charge in [-0.05, 0) is 45.0 Å². The molecular weight excluding hydrogens is 160 g/mol. The van der Waals surface area contributed by atoms with Crippen LogP contribution in [0, 0.1) is 6.92 Å². The van der Waals surface area contributed by atoms with E-state index in [0.717, 1.165) is 0 Å². The molecule has 0 radical (unpaired) electrons. The quantitative estimate of drug-likeness (QED) is 0.652. The maximum absolute atomic E-state index is 4.47. The van der Waals surface area contributed by atoms with Gasteiger partial charge in [0.1, 0.15) is 0 Å². The van der Waals surface area contributed by atoms with E-state index in [4.69, 9.17) is 0 Å². The molecule has 0 N–H and O–H groups in total. The van der Waals surface area contributed by atoms with Crippen LogP contribution in [-0.4, -0.2) is 23.5 Å². The predicted molar refractivity (Wildman–Crippen MR) is 53.6 cm³/mol. The zero-order valence-electron chi connectivity index (χ0n) is 8.33. The highest BCUT2D eigenvalue weighted by molar-refractivity contribution is 5.15. The maximum Gasteiger partial charge on any atom is 0.0575 e. The van der Waals surface area contributed by atoms with Crippen molar-refractivity contribution in [2.24, 2.45) is 0 Å². The number of likely N-dealkylation sites (tertiary alicyclic amines) is 1. The highest BCUT2D eigenvalue weighted by Gasteiger charge is 2.22. The number of aryl methyl sites for hydroxylation is 1. The molecule has 0 amide bonds. The molecule has 2 heteroatoms.